The van der Waals surface area contributed by atoms with Crippen LogP contribution in [0.15, 0.2) is 40.2 Å². The molecule has 2 N–H and O–H groups in total. The molecule has 24 heavy (non-hydrogen) atoms. The number of hydrogen-bond donors (Lipinski definition) is 1. The van der Waals surface area contributed by atoms with Crippen LogP contribution in [0.2, 0.25) is 0 Å². The SMILES string of the molecule is C[C@H]1CCCC[C@@H]1n1ccc2nc3ccn(N)c(=O)c3cc2c1=O. The van der Waals surface area contributed by atoms with Crippen molar-refractivity contribution in [3.63, 3.8) is 0 Å². The van der Waals surface area contributed by atoms with Crippen LogP contribution in [0.25, 0.3) is 21.8 Å². The standard InChI is InChI=1S/C18H20N4O2/c1-11-4-2-3-5-16(11)21-8-6-14-12(17(21)23)10-13-15(20-14)7-9-22(19)18(13)24/h6-11,16H,2-5,19H2,1H3/t11-,16-/m0/s1. The molecule has 0 spiro atoms. The Morgan fingerprint density at radius 2 is 1.71 bits per heavy atom. The molecule has 3 heterocycles. The van der Waals surface area contributed by atoms with Crippen molar-refractivity contribution in [3.8, 4) is 0 Å². The lowest BCUT2D eigenvalue weighted by Gasteiger charge is -2.30. The second-order valence-corrected chi connectivity index (χ2v) is 6.74. The van der Waals surface area contributed by atoms with E-state index in [-0.39, 0.29) is 17.2 Å². The van der Waals surface area contributed by atoms with Crippen LogP contribution < -0.4 is 17.0 Å². The Hall–Kier alpha value is -2.63. The molecule has 0 bridgehead atoms. The molecule has 0 aromatic carbocycles. The highest BCUT2D eigenvalue weighted by Gasteiger charge is 2.24. The highest BCUT2D eigenvalue weighted by Crippen LogP contribution is 2.32. The average molecular weight is 324 g/mol. The highest BCUT2D eigenvalue weighted by molar-refractivity contribution is 5.91. The van der Waals surface area contributed by atoms with Crippen LogP contribution in [0.3, 0.4) is 0 Å². The van der Waals surface area contributed by atoms with Crippen molar-refractivity contribution in [2.45, 2.75) is 38.6 Å². The number of nitrogens with zero attached hydrogens (tertiary/aromatic N) is 3. The molecule has 0 aliphatic heterocycles. The lowest BCUT2D eigenvalue weighted by Crippen LogP contribution is -2.30. The fraction of sp³-hybridized carbons (Fsp3) is 0.389. The summed E-state index contributed by atoms with van der Waals surface area (Å²) in [6.45, 7) is 2.20. The molecule has 6 heteroatoms. The first-order valence-electron chi connectivity index (χ1n) is 8.38. The molecular weight excluding hydrogens is 304 g/mol. The minimum absolute atomic E-state index is 0.0764. The topological polar surface area (TPSA) is 82.9 Å². The van der Waals surface area contributed by atoms with Gasteiger partial charge in [-0.05, 0) is 37.0 Å². The smallest absolute Gasteiger partial charge is 0.278 e. The molecular formula is C18H20N4O2. The molecule has 3 aromatic rings. The van der Waals surface area contributed by atoms with Crippen molar-refractivity contribution >= 4 is 21.8 Å². The number of nitrogen functional groups attached to an aromatic ring is 1. The van der Waals surface area contributed by atoms with E-state index in [0.717, 1.165) is 23.9 Å². The molecule has 3 aromatic heterocycles. The fourth-order valence-corrected chi connectivity index (χ4v) is 3.83. The third kappa shape index (κ3) is 2.21. The zero-order valence-electron chi connectivity index (χ0n) is 13.6. The second-order valence-electron chi connectivity index (χ2n) is 6.74. The monoisotopic (exact) mass is 324 g/mol. The Morgan fingerprint density at radius 1 is 1.04 bits per heavy atom. The Morgan fingerprint density at radius 3 is 2.46 bits per heavy atom. The summed E-state index contributed by atoms with van der Waals surface area (Å²) >= 11 is 0. The lowest BCUT2D eigenvalue weighted by molar-refractivity contribution is 0.253. The molecule has 2 atom stereocenters. The molecule has 1 aliphatic carbocycles. The van der Waals surface area contributed by atoms with E-state index in [4.69, 9.17) is 5.84 Å². The number of nitrogens with two attached hydrogens (primary N) is 1. The van der Waals surface area contributed by atoms with Crippen LogP contribution in [0.4, 0.5) is 0 Å². The van der Waals surface area contributed by atoms with Crippen molar-refractivity contribution < 1.29 is 0 Å². The van der Waals surface area contributed by atoms with Gasteiger partial charge in [0.2, 0.25) is 0 Å². The normalized spacial score (nSPS) is 21.4. The van der Waals surface area contributed by atoms with Gasteiger partial charge in [0, 0.05) is 18.4 Å². The Bertz CT molecular complexity index is 1050. The van der Waals surface area contributed by atoms with Gasteiger partial charge in [-0.3, -0.25) is 9.59 Å². The second kappa shape index (κ2) is 5.47. The zero-order valence-corrected chi connectivity index (χ0v) is 13.6. The summed E-state index contributed by atoms with van der Waals surface area (Å²) < 4.78 is 2.84. The third-order valence-electron chi connectivity index (χ3n) is 5.22. The van der Waals surface area contributed by atoms with E-state index in [9.17, 15) is 9.59 Å². The molecule has 0 radical (unpaired) electrons. The third-order valence-corrected chi connectivity index (χ3v) is 5.22. The van der Waals surface area contributed by atoms with Gasteiger partial charge in [-0.15, -0.1) is 0 Å². The van der Waals surface area contributed by atoms with E-state index >= 15 is 0 Å². The van der Waals surface area contributed by atoms with Gasteiger partial charge < -0.3 is 10.4 Å². The van der Waals surface area contributed by atoms with Gasteiger partial charge >= 0.3 is 0 Å². The van der Waals surface area contributed by atoms with Gasteiger partial charge in [-0.2, -0.15) is 0 Å². The molecule has 1 fully saturated rings. The van der Waals surface area contributed by atoms with Crippen LogP contribution in [0, 0.1) is 5.92 Å². The minimum atomic E-state index is -0.345. The molecule has 4 rings (SSSR count). The first kappa shape index (κ1) is 14.9. The van der Waals surface area contributed by atoms with Gasteiger partial charge in [0.15, 0.2) is 0 Å². The van der Waals surface area contributed by atoms with E-state index < -0.39 is 0 Å². The van der Waals surface area contributed by atoms with Crippen LogP contribution in [0.1, 0.15) is 38.6 Å². The number of hydrogen-bond acceptors (Lipinski definition) is 4. The molecule has 1 saturated carbocycles. The fourth-order valence-electron chi connectivity index (χ4n) is 3.83. The molecule has 1 aliphatic rings. The summed E-state index contributed by atoms with van der Waals surface area (Å²) in [4.78, 5) is 29.7. The first-order chi connectivity index (χ1) is 11.6. The van der Waals surface area contributed by atoms with Gasteiger partial charge in [-0.1, -0.05) is 19.8 Å². The Labute approximate surface area is 138 Å². The maximum absolute atomic E-state index is 13.0. The van der Waals surface area contributed by atoms with Gasteiger partial charge in [0.25, 0.3) is 11.1 Å². The molecule has 124 valence electrons. The average Bonchev–Trinajstić information content (AvgIpc) is 2.59. The Kier molecular flexibility index (Phi) is 3.40. The largest absolute Gasteiger partial charge is 0.336 e. The Balaban J connectivity index is 1.98. The van der Waals surface area contributed by atoms with E-state index in [0.29, 0.717) is 27.7 Å². The minimum Gasteiger partial charge on any atom is -0.336 e. The van der Waals surface area contributed by atoms with Crippen molar-refractivity contribution in [3.05, 3.63) is 51.3 Å². The lowest BCUT2D eigenvalue weighted by atomic mass is 9.85. The number of fused-ring (bicyclic) bond motifs is 2. The molecule has 0 saturated heterocycles. The van der Waals surface area contributed by atoms with Crippen LogP contribution in [0.5, 0.6) is 0 Å². The van der Waals surface area contributed by atoms with Crippen molar-refractivity contribution in [2.75, 3.05) is 5.84 Å². The van der Waals surface area contributed by atoms with Crippen LogP contribution >= 0.6 is 0 Å². The van der Waals surface area contributed by atoms with Gasteiger partial charge in [0.05, 0.1) is 21.8 Å². The predicted molar refractivity (Wildman–Crippen MR) is 94.6 cm³/mol. The summed E-state index contributed by atoms with van der Waals surface area (Å²) in [7, 11) is 0. The van der Waals surface area contributed by atoms with Crippen LogP contribution in [-0.4, -0.2) is 14.2 Å². The summed E-state index contributed by atoms with van der Waals surface area (Å²) in [5.74, 6) is 6.10. The summed E-state index contributed by atoms with van der Waals surface area (Å²) in [6.07, 6.45) is 7.86. The molecule has 0 unspecified atom stereocenters. The maximum Gasteiger partial charge on any atom is 0.278 e. The van der Waals surface area contributed by atoms with E-state index in [1.54, 1.807) is 12.1 Å². The number of aromatic nitrogens is 3. The van der Waals surface area contributed by atoms with Crippen molar-refractivity contribution in [2.24, 2.45) is 5.92 Å². The maximum atomic E-state index is 13.0. The molecule has 0 amide bonds. The molecule has 6 nitrogen and oxygen atoms in total. The quantitative estimate of drug-likeness (QED) is 0.549. The number of pyridine rings is 3. The summed E-state index contributed by atoms with van der Waals surface area (Å²) in [6, 6.07) is 5.40. The van der Waals surface area contributed by atoms with Crippen molar-refractivity contribution in [1.29, 1.82) is 0 Å². The van der Waals surface area contributed by atoms with E-state index in [2.05, 4.69) is 11.9 Å². The van der Waals surface area contributed by atoms with E-state index in [1.807, 2.05) is 16.8 Å². The summed E-state index contributed by atoms with van der Waals surface area (Å²) in [5, 5.41) is 0.852. The van der Waals surface area contributed by atoms with Crippen molar-refractivity contribution in [1.82, 2.24) is 14.2 Å². The zero-order chi connectivity index (χ0) is 16.8. The first-order valence-corrected chi connectivity index (χ1v) is 8.38. The summed E-state index contributed by atoms with van der Waals surface area (Å²) in [5.41, 5.74) is 0.744. The van der Waals surface area contributed by atoms with Gasteiger partial charge in [-0.25, -0.2) is 9.66 Å². The number of rotatable bonds is 1. The predicted octanol–water partition coefficient (Wildman–Crippen LogP) is 2.18. The van der Waals surface area contributed by atoms with E-state index in [1.165, 1.54) is 12.6 Å². The highest BCUT2D eigenvalue weighted by atomic mass is 16.1. The van der Waals surface area contributed by atoms with Crippen LogP contribution in [-0.2, 0) is 0 Å². The van der Waals surface area contributed by atoms with Gasteiger partial charge in [0.1, 0.15) is 0 Å².